The van der Waals surface area contributed by atoms with Gasteiger partial charge in [0.1, 0.15) is 11.8 Å². The van der Waals surface area contributed by atoms with Crippen LogP contribution in [-0.2, 0) is 0 Å². The number of rotatable bonds is 3. The van der Waals surface area contributed by atoms with Gasteiger partial charge in [-0.15, -0.1) is 0 Å². The molecule has 1 aliphatic rings. The Balaban J connectivity index is 2.22. The van der Waals surface area contributed by atoms with Gasteiger partial charge in [-0.1, -0.05) is 13.3 Å². The fraction of sp³-hybridized carbons (Fsp3) is 0.562. The van der Waals surface area contributed by atoms with Crippen LogP contribution in [0.15, 0.2) is 18.2 Å². The van der Waals surface area contributed by atoms with Crippen molar-refractivity contribution in [2.75, 3.05) is 25.1 Å². The van der Waals surface area contributed by atoms with Crippen molar-refractivity contribution in [3.63, 3.8) is 0 Å². The third-order valence-electron chi connectivity index (χ3n) is 4.09. The summed E-state index contributed by atoms with van der Waals surface area (Å²) in [5.74, 6) is 1.66. The van der Waals surface area contributed by atoms with Crippen molar-refractivity contribution in [1.82, 2.24) is 0 Å². The average molecular weight is 258 g/mol. The predicted molar refractivity (Wildman–Crippen MR) is 77.6 cm³/mol. The SMILES string of the molecule is CCC1CCCN(c2cc(OC)ccc2C#N)CC1. The van der Waals surface area contributed by atoms with Crippen molar-refractivity contribution >= 4 is 5.69 Å². The Kier molecular flexibility index (Phi) is 4.68. The maximum atomic E-state index is 9.26. The summed E-state index contributed by atoms with van der Waals surface area (Å²) >= 11 is 0. The molecule has 1 unspecified atom stereocenters. The topological polar surface area (TPSA) is 36.3 Å². The van der Waals surface area contributed by atoms with Gasteiger partial charge in [-0.05, 0) is 37.3 Å². The van der Waals surface area contributed by atoms with E-state index in [0.29, 0.717) is 0 Å². The normalized spacial score (nSPS) is 19.6. The van der Waals surface area contributed by atoms with E-state index in [2.05, 4.69) is 17.9 Å². The number of nitriles is 1. The van der Waals surface area contributed by atoms with Gasteiger partial charge in [-0.25, -0.2) is 0 Å². The van der Waals surface area contributed by atoms with Gasteiger partial charge in [0.2, 0.25) is 0 Å². The Labute approximate surface area is 115 Å². The van der Waals surface area contributed by atoms with E-state index in [1.807, 2.05) is 18.2 Å². The Morgan fingerprint density at radius 1 is 1.37 bits per heavy atom. The second kappa shape index (κ2) is 6.47. The molecule has 1 saturated heterocycles. The smallest absolute Gasteiger partial charge is 0.121 e. The highest BCUT2D eigenvalue weighted by molar-refractivity contribution is 5.62. The van der Waals surface area contributed by atoms with Gasteiger partial charge in [-0.3, -0.25) is 0 Å². The lowest BCUT2D eigenvalue weighted by Gasteiger charge is -2.24. The summed E-state index contributed by atoms with van der Waals surface area (Å²) in [6.45, 7) is 4.35. The zero-order valence-corrected chi connectivity index (χ0v) is 11.9. The first-order valence-corrected chi connectivity index (χ1v) is 7.11. The third kappa shape index (κ3) is 3.20. The molecule has 19 heavy (non-hydrogen) atoms. The summed E-state index contributed by atoms with van der Waals surface area (Å²) in [7, 11) is 1.67. The molecule has 3 nitrogen and oxygen atoms in total. The zero-order chi connectivity index (χ0) is 13.7. The van der Waals surface area contributed by atoms with Crippen LogP contribution >= 0.6 is 0 Å². The lowest BCUT2D eigenvalue weighted by atomic mass is 9.98. The zero-order valence-electron chi connectivity index (χ0n) is 11.9. The molecule has 1 aromatic rings. The number of hydrogen-bond acceptors (Lipinski definition) is 3. The predicted octanol–water partition coefficient (Wildman–Crippen LogP) is 3.58. The minimum Gasteiger partial charge on any atom is -0.497 e. The summed E-state index contributed by atoms with van der Waals surface area (Å²) in [6.07, 6.45) is 5.00. The molecule has 0 aromatic heterocycles. The van der Waals surface area contributed by atoms with Crippen LogP contribution in [0.1, 0.15) is 38.2 Å². The maximum absolute atomic E-state index is 9.26. The van der Waals surface area contributed by atoms with Crippen LogP contribution in [0.2, 0.25) is 0 Å². The van der Waals surface area contributed by atoms with E-state index >= 15 is 0 Å². The van der Waals surface area contributed by atoms with E-state index in [9.17, 15) is 5.26 Å². The molecular formula is C16H22N2O. The Morgan fingerprint density at radius 3 is 2.89 bits per heavy atom. The highest BCUT2D eigenvalue weighted by Gasteiger charge is 2.18. The highest BCUT2D eigenvalue weighted by atomic mass is 16.5. The highest BCUT2D eigenvalue weighted by Crippen LogP contribution is 2.29. The first-order valence-electron chi connectivity index (χ1n) is 7.11. The summed E-state index contributed by atoms with van der Waals surface area (Å²) in [6, 6.07) is 8.00. The molecule has 0 aliphatic carbocycles. The van der Waals surface area contributed by atoms with Crippen molar-refractivity contribution < 1.29 is 4.74 Å². The van der Waals surface area contributed by atoms with Crippen molar-refractivity contribution in [1.29, 1.82) is 5.26 Å². The molecule has 1 heterocycles. The fourth-order valence-corrected chi connectivity index (χ4v) is 2.81. The van der Waals surface area contributed by atoms with Gasteiger partial charge in [0.25, 0.3) is 0 Å². The molecule has 0 radical (unpaired) electrons. The molecule has 0 bridgehead atoms. The van der Waals surface area contributed by atoms with Crippen LogP contribution in [0.3, 0.4) is 0 Å². The van der Waals surface area contributed by atoms with Gasteiger partial charge in [0, 0.05) is 19.2 Å². The Hall–Kier alpha value is -1.69. The van der Waals surface area contributed by atoms with E-state index in [-0.39, 0.29) is 0 Å². The summed E-state index contributed by atoms with van der Waals surface area (Å²) in [5.41, 5.74) is 1.77. The quantitative estimate of drug-likeness (QED) is 0.831. The molecular weight excluding hydrogens is 236 g/mol. The molecule has 1 atom stereocenters. The average Bonchev–Trinajstić information content (AvgIpc) is 2.71. The molecule has 3 heteroatoms. The summed E-state index contributed by atoms with van der Waals surface area (Å²) < 4.78 is 5.28. The number of methoxy groups -OCH3 is 1. The van der Waals surface area contributed by atoms with Crippen LogP contribution < -0.4 is 9.64 Å². The van der Waals surface area contributed by atoms with Crippen LogP contribution in [0, 0.1) is 17.2 Å². The van der Waals surface area contributed by atoms with Crippen LogP contribution in [0.5, 0.6) is 5.75 Å². The number of benzene rings is 1. The van der Waals surface area contributed by atoms with Gasteiger partial charge in [0.15, 0.2) is 0 Å². The standard InChI is InChI=1S/C16H22N2O/c1-3-13-5-4-9-18(10-8-13)16-11-15(19-2)7-6-14(16)12-17/h6-7,11,13H,3-5,8-10H2,1-2H3. The van der Waals surface area contributed by atoms with Crippen molar-refractivity contribution in [2.24, 2.45) is 5.92 Å². The molecule has 1 aromatic carbocycles. The lowest BCUT2D eigenvalue weighted by Crippen LogP contribution is -2.25. The van der Waals surface area contributed by atoms with Gasteiger partial charge < -0.3 is 9.64 Å². The van der Waals surface area contributed by atoms with E-state index in [1.165, 1.54) is 25.7 Å². The number of hydrogen-bond donors (Lipinski definition) is 0. The summed E-state index contributed by atoms with van der Waals surface area (Å²) in [5, 5.41) is 9.26. The van der Waals surface area contributed by atoms with Crippen LogP contribution in [0.25, 0.3) is 0 Å². The largest absolute Gasteiger partial charge is 0.497 e. The first-order chi connectivity index (χ1) is 9.28. The molecule has 0 spiro atoms. The maximum Gasteiger partial charge on any atom is 0.121 e. The van der Waals surface area contributed by atoms with E-state index in [1.54, 1.807) is 7.11 Å². The van der Waals surface area contributed by atoms with Gasteiger partial charge >= 0.3 is 0 Å². The second-order valence-electron chi connectivity index (χ2n) is 5.19. The van der Waals surface area contributed by atoms with E-state index < -0.39 is 0 Å². The lowest BCUT2D eigenvalue weighted by molar-refractivity contribution is 0.414. The monoisotopic (exact) mass is 258 g/mol. The number of ether oxygens (including phenoxy) is 1. The van der Waals surface area contributed by atoms with Crippen LogP contribution in [0.4, 0.5) is 5.69 Å². The van der Waals surface area contributed by atoms with Crippen molar-refractivity contribution in [3.05, 3.63) is 23.8 Å². The van der Waals surface area contributed by atoms with Gasteiger partial charge in [0.05, 0.1) is 18.4 Å². The van der Waals surface area contributed by atoms with E-state index in [0.717, 1.165) is 36.0 Å². The van der Waals surface area contributed by atoms with Crippen molar-refractivity contribution in [3.8, 4) is 11.8 Å². The van der Waals surface area contributed by atoms with Crippen LogP contribution in [-0.4, -0.2) is 20.2 Å². The molecule has 1 aliphatic heterocycles. The Bertz CT molecular complexity index is 464. The van der Waals surface area contributed by atoms with E-state index in [4.69, 9.17) is 4.74 Å². The van der Waals surface area contributed by atoms with Gasteiger partial charge in [-0.2, -0.15) is 5.26 Å². The molecule has 0 amide bonds. The molecule has 1 fully saturated rings. The van der Waals surface area contributed by atoms with Crippen molar-refractivity contribution in [2.45, 2.75) is 32.6 Å². The molecule has 102 valence electrons. The fourth-order valence-electron chi connectivity index (χ4n) is 2.81. The molecule has 2 rings (SSSR count). The second-order valence-corrected chi connectivity index (χ2v) is 5.19. The number of anilines is 1. The minimum absolute atomic E-state index is 0.746. The Morgan fingerprint density at radius 2 is 2.21 bits per heavy atom. The molecule has 0 N–H and O–H groups in total. The first kappa shape index (κ1) is 13.7. The molecule has 0 saturated carbocycles. The number of nitrogens with zero attached hydrogens (tertiary/aromatic N) is 2. The summed E-state index contributed by atoms with van der Waals surface area (Å²) in [4.78, 5) is 2.34. The minimum atomic E-state index is 0.746. The third-order valence-corrected chi connectivity index (χ3v) is 4.09.